The van der Waals surface area contributed by atoms with Crippen LogP contribution in [0.4, 0.5) is 5.69 Å². The Morgan fingerprint density at radius 3 is 2.74 bits per heavy atom. The molecule has 0 saturated heterocycles. The van der Waals surface area contributed by atoms with Gasteiger partial charge in [-0.25, -0.2) is 9.78 Å². The molecular weight excluding hydrogens is 568 g/mol. The van der Waals surface area contributed by atoms with E-state index in [0.29, 0.717) is 26.9 Å². The van der Waals surface area contributed by atoms with Crippen molar-refractivity contribution in [2.24, 2.45) is 5.10 Å². The van der Waals surface area contributed by atoms with Gasteiger partial charge in [-0.3, -0.25) is 14.9 Å². The first-order valence-electron chi connectivity index (χ1n) is 12.7. The average Bonchev–Trinajstić information content (AvgIpc) is 3.40. The fourth-order valence-electron chi connectivity index (χ4n) is 4.21. The van der Waals surface area contributed by atoms with Crippen molar-refractivity contribution in [1.82, 2.24) is 9.66 Å². The fraction of sp³-hybridized carbons (Fsp3) is 0.172. The third-order valence-corrected chi connectivity index (χ3v) is 6.40. The molecule has 0 aliphatic carbocycles. The maximum absolute atomic E-state index is 13.6. The molecule has 12 nitrogen and oxygen atoms in total. The number of nitro groups is 1. The summed E-state index contributed by atoms with van der Waals surface area (Å²) in [5.74, 6) is -0.617. The molecule has 0 spiro atoms. The highest BCUT2D eigenvalue weighted by atomic mass is 35.5. The SMILES string of the molecule is CCOC(=O)[C@H](C)Oc1c(OC)cc(C=Nn2c(-c3cc4cc(Cl)ccc4o3)nc3ccccc3c2=O)cc1[N+](=O)[O-]. The maximum Gasteiger partial charge on any atom is 0.347 e. The summed E-state index contributed by atoms with van der Waals surface area (Å²) in [5.41, 5.74) is 0.190. The van der Waals surface area contributed by atoms with Crippen LogP contribution in [0.2, 0.25) is 5.02 Å². The molecule has 0 aliphatic rings. The van der Waals surface area contributed by atoms with E-state index >= 15 is 0 Å². The Kier molecular flexibility index (Phi) is 7.89. The molecule has 0 unspecified atom stereocenters. The molecule has 0 saturated carbocycles. The zero-order chi connectivity index (χ0) is 30.0. The molecular formula is C29H23ClN4O8. The van der Waals surface area contributed by atoms with Crippen LogP contribution in [0.25, 0.3) is 33.5 Å². The van der Waals surface area contributed by atoms with Crippen LogP contribution in [0.15, 0.2) is 75.0 Å². The van der Waals surface area contributed by atoms with Gasteiger partial charge in [-0.1, -0.05) is 23.7 Å². The number of rotatable bonds is 9. The molecule has 2 aromatic heterocycles. The number of carbonyl (C=O) groups excluding carboxylic acids is 1. The first-order valence-corrected chi connectivity index (χ1v) is 13.0. The minimum Gasteiger partial charge on any atom is -0.493 e. The molecule has 0 fully saturated rings. The van der Waals surface area contributed by atoms with Gasteiger partial charge in [0, 0.05) is 22.0 Å². The van der Waals surface area contributed by atoms with Crippen LogP contribution < -0.4 is 15.0 Å². The number of methoxy groups -OCH3 is 1. The Balaban J connectivity index is 1.63. The number of hydrogen-bond donors (Lipinski definition) is 0. The molecule has 1 atom stereocenters. The first kappa shape index (κ1) is 28.3. The standard InChI is InChI=1S/C29H23ClN4O8/c1-4-40-29(36)16(2)41-26-22(34(37)38)11-17(12-24(26)39-3)15-31-33-27(32-21-8-6-5-7-20(21)28(33)35)25-14-18-13-19(30)9-10-23(18)42-25/h5-16H,4H2,1-3H3/t16-/m0/s1. The predicted molar refractivity (Wildman–Crippen MR) is 156 cm³/mol. The number of carbonyl (C=O) groups is 1. The Bertz CT molecular complexity index is 1930. The van der Waals surface area contributed by atoms with E-state index in [9.17, 15) is 19.7 Å². The van der Waals surface area contributed by atoms with Gasteiger partial charge in [-0.05, 0) is 56.3 Å². The second kappa shape index (κ2) is 11.7. The van der Waals surface area contributed by atoms with Crippen molar-refractivity contribution >= 4 is 51.3 Å². The number of furan rings is 1. The molecule has 3 aromatic carbocycles. The number of ether oxygens (including phenoxy) is 3. The van der Waals surface area contributed by atoms with Crippen LogP contribution in [0.5, 0.6) is 11.5 Å². The van der Waals surface area contributed by atoms with E-state index in [1.165, 1.54) is 32.4 Å². The fourth-order valence-corrected chi connectivity index (χ4v) is 4.39. The highest BCUT2D eigenvalue weighted by Gasteiger charge is 2.27. The van der Waals surface area contributed by atoms with Crippen molar-refractivity contribution in [3.8, 4) is 23.1 Å². The van der Waals surface area contributed by atoms with Crippen molar-refractivity contribution in [3.05, 3.63) is 91.7 Å². The summed E-state index contributed by atoms with van der Waals surface area (Å²) in [5, 5.41) is 17.8. The lowest BCUT2D eigenvalue weighted by Crippen LogP contribution is -2.26. The minimum absolute atomic E-state index is 0.0276. The third-order valence-electron chi connectivity index (χ3n) is 6.16. The van der Waals surface area contributed by atoms with Crippen molar-refractivity contribution in [2.75, 3.05) is 13.7 Å². The number of nitro benzene ring substituents is 1. The van der Waals surface area contributed by atoms with Gasteiger partial charge in [0.25, 0.3) is 5.56 Å². The minimum atomic E-state index is -1.14. The molecule has 2 heterocycles. The van der Waals surface area contributed by atoms with Gasteiger partial charge in [0.1, 0.15) is 5.58 Å². The number of esters is 1. The predicted octanol–water partition coefficient (Wildman–Crippen LogP) is 5.59. The summed E-state index contributed by atoms with van der Waals surface area (Å²) < 4.78 is 22.8. The molecule has 0 radical (unpaired) electrons. The van der Waals surface area contributed by atoms with Crippen LogP contribution in [0, 0.1) is 10.1 Å². The quantitative estimate of drug-likeness (QED) is 0.0926. The van der Waals surface area contributed by atoms with Gasteiger partial charge >= 0.3 is 11.7 Å². The number of para-hydroxylation sites is 1. The van der Waals surface area contributed by atoms with E-state index in [4.69, 9.17) is 30.2 Å². The number of halogens is 1. The van der Waals surface area contributed by atoms with E-state index in [2.05, 4.69) is 10.1 Å². The normalized spacial score (nSPS) is 12.1. The lowest BCUT2D eigenvalue weighted by Gasteiger charge is -2.16. The summed E-state index contributed by atoms with van der Waals surface area (Å²) >= 11 is 6.13. The van der Waals surface area contributed by atoms with E-state index in [1.807, 2.05) is 0 Å². The van der Waals surface area contributed by atoms with Gasteiger partial charge in [-0.15, -0.1) is 0 Å². The number of aromatic nitrogens is 2. The average molecular weight is 591 g/mol. The number of fused-ring (bicyclic) bond motifs is 2. The Morgan fingerprint density at radius 2 is 2.00 bits per heavy atom. The molecule has 5 rings (SSSR count). The van der Waals surface area contributed by atoms with E-state index in [-0.39, 0.29) is 35.3 Å². The number of hydrogen-bond acceptors (Lipinski definition) is 10. The van der Waals surface area contributed by atoms with Crippen molar-refractivity contribution in [2.45, 2.75) is 20.0 Å². The number of benzene rings is 3. The highest BCUT2D eigenvalue weighted by molar-refractivity contribution is 6.31. The number of nitrogens with zero attached hydrogens (tertiary/aromatic N) is 4. The van der Waals surface area contributed by atoms with Crippen LogP contribution in [-0.2, 0) is 9.53 Å². The van der Waals surface area contributed by atoms with E-state index in [0.717, 1.165) is 4.68 Å². The Labute approximate surface area is 242 Å². The second-order valence-electron chi connectivity index (χ2n) is 8.95. The molecule has 13 heteroatoms. The van der Waals surface area contributed by atoms with Gasteiger partial charge < -0.3 is 18.6 Å². The lowest BCUT2D eigenvalue weighted by molar-refractivity contribution is -0.386. The Hall–Kier alpha value is -5.23. The zero-order valence-corrected chi connectivity index (χ0v) is 23.3. The summed E-state index contributed by atoms with van der Waals surface area (Å²) in [4.78, 5) is 41.5. The maximum atomic E-state index is 13.6. The van der Waals surface area contributed by atoms with Gasteiger partial charge in [0.15, 0.2) is 17.6 Å². The molecule has 0 aliphatic heterocycles. The molecule has 5 aromatic rings. The molecule has 0 bridgehead atoms. The van der Waals surface area contributed by atoms with Crippen LogP contribution in [0.1, 0.15) is 19.4 Å². The summed E-state index contributed by atoms with van der Waals surface area (Å²) in [6.07, 6.45) is 0.107. The van der Waals surface area contributed by atoms with Crippen LogP contribution in [-0.4, -0.2) is 46.6 Å². The summed E-state index contributed by atoms with van der Waals surface area (Å²) in [6.45, 7) is 3.16. The van der Waals surface area contributed by atoms with Gasteiger partial charge in [-0.2, -0.15) is 9.78 Å². The van der Waals surface area contributed by atoms with E-state index in [1.54, 1.807) is 55.5 Å². The largest absolute Gasteiger partial charge is 0.493 e. The lowest BCUT2D eigenvalue weighted by atomic mass is 10.1. The zero-order valence-electron chi connectivity index (χ0n) is 22.6. The van der Waals surface area contributed by atoms with E-state index < -0.39 is 28.2 Å². The Morgan fingerprint density at radius 1 is 1.21 bits per heavy atom. The second-order valence-corrected chi connectivity index (χ2v) is 9.38. The van der Waals surface area contributed by atoms with Crippen LogP contribution >= 0.6 is 11.6 Å². The van der Waals surface area contributed by atoms with Gasteiger partial charge in [0.05, 0.1) is 35.8 Å². The monoisotopic (exact) mass is 590 g/mol. The third kappa shape index (κ3) is 5.52. The summed E-state index contributed by atoms with van der Waals surface area (Å²) in [7, 11) is 1.30. The molecule has 0 N–H and O–H groups in total. The smallest absolute Gasteiger partial charge is 0.347 e. The van der Waals surface area contributed by atoms with Crippen molar-refractivity contribution < 1.29 is 28.3 Å². The van der Waals surface area contributed by atoms with Crippen molar-refractivity contribution in [1.29, 1.82) is 0 Å². The molecule has 42 heavy (non-hydrogen) atoms. The molecule has 214 valence electrons. The van der Waals surface area contributed by atoms with Crippen molar-refractivity contribution in [3.63, 3.8) is 0 Å². The van der Waals surface area contributed by atoms with Gasteiger partial charge in [0.2, 0.25) is 11.6 Å². The topological polar surface area (TPSA) is 148 Å². The molecule has 0 amide bonds. The first-order chi connectivity index (χ1) is 20.2. The highest BCUT2D eigenvalue weighted by Crippen LogP contribution is 2.39. The summed E-state index contributed by atoms with van der Waals surface area (Å²) in [6, 6.07) is 16.1. The van der Waals surface area contributed by atoms with Crippen LogP contribution in [0.3, 0.4) is 0 Å².